The molecule has 1 heterocycles. The maximum atomic E-state index is 12.7. The van der Waals surface area contributed by atoms with Crippen molar-refractivity contribution in [3.8, 4) is 11.1 Å². The molecule has 1 unspecified atom stereocenters. The van der Waals surface area contributed by atoms with Crippen LogP contribution in [0.4, 0.5) is 16.2 Å². The molecule has 0 saturated carbocycles. The molecule has 1 saturated heterocycles. The Balaban J connectivity index is 1.49. The molecule has 1 fully saturated rings. The first-order valence-corrected chi connectivity index (χ1v) is 13.1. The Morgan fingerprint density at radius 1 is 1.11 bits per heavy atom. The Kier molecular flexibility index (Phi) is 6.75. The van der Waals surface area contributed by atoms with Gasteiger partial charge in [-0.25, -0.2) is 13.2 Å². The van der Waals surface area contributed by atoms with Gasteiger partial charge in [-0.05, 0) is 49.7 Å². The number of anilines is 2. The lowest BCUT2D eigenvalue weighted by Crippen LogP contribution is -2.46. The van der Waals surface area contributed by atoms with Crippen molar-refractivity contribution in [1.29, 1.82) is 5.41 Å². The topological polar surface area (TPSA) is 135 Å². The molecule has 1 aliphatic heterocycles. The van der Waals surface area contributed by atoms with Gasteiger partial charge in [0.1, 0.15) is 18.2 Å². The number of rotatable bonds is 6. The van der Waals surface area contributed by atoms with Crippen molar-refractivity contribution in [3.63, 3.8) is 0 Å². The molecule has 4 rings (SSSR count). The second-order valence-corrected chi connectivity index (χ2v) is 10.9. The molecule has 4 N–H and O–H groups in total. The van der Waals surface area contributed by atoms with Crippen LogP contribution in [0.5, 0.6) is 0 Å². The third-order valence-corrected chi connectivity index (χ3v) is 7.01. The zero-order valence-electron chi connectivity index (χ0n) is 20.2. The van der Waals surface area contributed by atoms with E-state index < -0.39 is 27.9 Å². The minimum atomic E-state index is -3.39. The van der Waals surface area contributed by atoms with Crippen molar-refractivity contribution >= 4 is 33.1 Å². The van der Waals surface area contributed by atoms with Crippen molar-refractivity contribution in [1.82, 2.24) is 0 Å². The molecule has 1 aliphatic rings. The summed E-state index contributed by atoms with van der Waals surface area (Å²) in [6, 6.07) is 20.7. The van der Waals surface area contributed by atoms with Crippen LogP contribution in [0.3, 0.4) is 0 Å². The maximum Gasteiger partial charge on any atom is 0.413 e. The average Bonchev–Trinajstić information content (AvgIpc) is 3.12. The van der Waals surface area contributed by atoms with Crippen molar-refractivity contribution in [2.45, 2.75) is 30.7 Å². The quantitative estimate of drug-likeness (QED) is 0.336. The Hall–Kier alpha value is -3.89. The third kappa shape index (κ3) is 5.34. The van der Waals surface area contributed by atoms with E-state index in [4.69, 9.17) is 20.6 Å². The van der Waals surface area contributed by atoms with Crippen LogP contribution in [0.2, 0.25) is 0 Å². The summed E-state index contributed by atoms with van der Waals surface area (Å²) in [6.45, 7) is 3.88. The van der Waals surface area contributed by atoms with Crippen molar-refractivity contribution < 1.29 is 22.7 Å². The zero-order chi connectivity index (χ0) is 26.1. The number of amides is 1. The summed E-state index contributed by atoms with van der Waals surface area (Å²) < 4.78 is 35.8. The molecule has 9 nitrogen and oxygen atoms in total. The number of hydrogen-bond acceptors (Lipinski definition) is 7. The number of nitrogen functional groups attached to an aromatic ring is 1. The fourth-order valence-electron chi connectivity index (χ4n) is 4.19. The average molecular weight is 509 g/mol. The first-order valence-electron chi connectivity index (χ1n) is 11.2. The molecular weight excluding hydrogens is 480 g/mol. The molecule has 0 aromatic heterocycles. The van der Waals surface area contributed by atoms with Gasteiger partial charge >= 0.3 is 6.09 Å². The largest absolute Gasteiger partial charge is 0.423 e. The molecule has 188 valence electrons. The number of carbonyl (C=O) groups excluding carboxylic acids is 1. The van der Waals surface area contributed by atoms with E-state index in [2.05, 4.69) is 5.32 Å². The molecule has 3 aromatic rings. The highest BCUT2D eigenvalue weighted by Crippen LogP contribution is 2.34. The third-order valence-electron chi connectivity index (χ3n) is 5.85. The predicted molar refractivity (Wildman–Crippen MR) is 139 cm³/mol. The van der Waals surface area contributed by atoms with Gasteiger partial charge in [-0.2, -0.15) is 0 Å². The second kappa shape index (κ2) is 9.63. The predicted octanol–water partition coefficient (Wildman–Crippen LogP) is 4.19. The van der Waals surface area contributed by atoms with E-state index >= 15 is 0 Å². The van der Waals surface area contributed by atoms with Gasteiger partial charge in [0.2, 0.25) is 6.23 Å². The Morgan fingerprint density at radius 3 is 2.47 bits per heavy atom. The number of nitrogens with two attached hydrogens (primary N) is 1. The van der Waals surface area contributed by atoms with Gasteiger partial charge < -0.3 is 20.1 Å². The van der Waals surface area contributed by atoms with E-state index in [1.165, 1.54) is 6.26 Å². The van der Waals surface area contributed by atoms with Gasteiger partial charge in [-0.15, -0.1) is 0 Å². The molecule has 1 amide bonds. The first kappa shape index (κ1) is 25.2. The first-order chi connectivity index (χ1) is 17.0. The number of nitrogens with one attached hydrogen (secondary N) is 2. The van der Waals surface area contributed by atoms with Gasteiger partial charge in [-0.1, -0.05) is 42.5 Å². The van der Waals surface area contributed by atoms with Crippen LogP contribution in [-0.4, -0.2) is 45.2 Å². The Labute approximate surface area is 210 Å². The number of carbonyl (C=O) groups is 1. The summed E-state index contributed by atoms with van der Waals surface area (Å²) in [6.07, 6.45) is -0.202. The highest BCUT2D eigenvalue weighted by atomic mass is 32.2. The molecule has 3 aromatic carbocycles. The minimum absolute atomic E-state index is 0.0624. The van der Waals surface area contributed by atoms with Crippen LogP contribution in [0, 0.1) is 5.41 Å². The molecule has 0 spiro atoms. The number of amidine groups is 1. The van der Waals surface area contributed by atoms with E-state index in [0.717, 1.165) is 0 Å². The smallest absolute Gasteiger partial charge is 0.413 e. The summed E-state index contributed by atoms with van der Waals surface area (Å²) in [5.74, 6) is -0.0624. The molecule has 0 aliphatic carbocycles. The summed E-state index contributed by atoms with van der Waals surface area (Å²) in [4.78, 5) is 14.8. The maximum absolute atomic E-state index is 12.7. The van der Waals surface area contributed by atoms with Gasteiger partial charge in [-0.3, -0.25) is 10.7 Å². The van der Waals surface area contributed by atoms with Crippen LogP contribution < -0.4 is 16.0 Å². The highest BCUT2D eigenvalue weighted by Gasteiger charge is 2.43. The number of ether oxygens (including phenoxy) is 2. The van der Waals surface area contributed by atoms with E-state index in [0.29, 0.717) is 28.1 Å². The Bertz CT molecular complexity index is 1400. The highest BCUT2D eigenvalue weighted by molar-refractivity contribution is 7.90. The number of sulfone groups is 1. The lowest BCUT2D eigenvalue weighted by atomic mass is 10.1. The number of nitrogens with zero attached hydrogens (tertiary/aromatic N) is 1. The molecule has 36 heavy (non-hydrogen) atoms. The van der Waals surface area contributed by atoms with Crippen LogP contribution >= 0.6 is 0 Å². The van der Waals surface area contributed by atoms with E-state index in [-0.39, 0.29) is 17.3 Å². The fourth-order valence-corrected chi connectivity index (χ4v) is 5.10. The summed E-state index contributed by atoms with van der Waals surface area (Å²) in [5.41, 5.74) is 7.92. The Morgan fingerprint density at radius 2 is 1.81 bits per heavy atom. The van der Waals surface area contributed by atoms with Crippen molar-refractivity contribution in [2.75, 3.05) is 23.1 Å². The number of benzene rings is 3. The lowest BCUT2D eigenvalue weighted by Gasteiger charge is -2.35. The zero-order valence-corrected chi connectivity index (χ0v) is 21.0. The molecule has 0 radical (unpaired) electrons. The minimum Gasteiger partial charge on any atom is -0.423 e. The molecular formula is C26H28N4O5S. The molecule has 10 heteroatoms. The standard InChI is InChI=1S/C26H28N4O5S/c1-26(2)30(20-8-6-7-18(15-20)24(27)28)23(16-34-26)35-25(31)29-19-13-11-17(12-14-19)21-9-4-5-10-22(21)36(3,32)33/h4-15,23H,16H2,1-3H3,(H3,27,28)(H,29,31). The summed E-state index contributed by atoms with van der Waals surface area (Å²) >= 11 is 0. The van der Waals surface area contributed by atoms with Crippen molar-refractivity contribution in [2.24, 2.45) is 5.73 Å². The summed E-state index contributed by atoms with van der Waals surface area (Å²) in [5, 5.41) is 10.4. The normalized spacial score (nSPS) is 17.0. The van der Waals surface area contributed by atoms with E-state index in [1.54, 1.807) is 66.7 Å². The molecule has 0 bridgehead atoms. The monoisotopic (exact) mass is 508 g/mol. The summed E-state index contributed by atoms with van der Waals surface area (Å²) in [7, 11) is -3.39. The van der Waals surface area contributed by atoms with Crippen LogP contribution in [0.25, 0.3) is 11.1 Å². The number of hydrogen-bond donors (Lipinski definition) is 3. The molecule has 1 atom stereocenters. The van der Waals surface area contributed by atoms with Gasteiger partial charge in [0.15, 0.2) is 9.84 Å². The van der Waals surface area contributed by atoms with Crippen LogP contribution in [-0.2, 0) is 19.3 Å². The lowest BCUT2D eigenvalue weighted by molar-refractivity contribution is 0.0295. The van der Waals surface area contributed by atoms with Gasteiger partial charge in [0, 0.05) is 28.8 Å². The van der Waals surface area contributed by atoms with Gasteiger partial charge in [0.25, 0.3) is 0 Å². The van der Waals surface area contributed by atoms with Crippen LogP contribution in [0.15, 0.2) is 77.7 Å². The fraction of sp³-hybridized carbons (Fsp3) is 0.231. The van der Waals surface area contributed by atoms with E-state index in [9.17, 15) is 13.2 Å². The van der Waals surface area contributed by atoms with Crippen LogP contribution in [0.1, 0.15) is 19.4 Å². The second-order valence-electron chi connectivity index (χ2n) is 8.92. The van der Waals surface area contributed by atoms with Crippen molar-refractivity contribution in [3.05, 3.63) is 78.4 Å². The SMILES string of the molecule is CC1(C)OCC(OC(=O)Nc2ccc(-c3ccccc3S(C)(=O)=O)cc2)N1c1cccc(C(=N)N)c1. The van der Waals surface area contributed by atoms with Gasteiger partial charge in [0.05, 0.1) is 4.90 Å². The van der Waals surface area contributed by atoms with E-state index in [1.807, 2.05) is 24.8 Å².